The van der Waals surface area contributed by atoms with Crippen LogP contribution in [0.3, 0.4) is 0 Å². The normalized spacial score (nSPS) is 13.6. The summed E-state index contributed by atoms with van der Waals surface area (Å²) in [6.45, 7) is 0. The molecule has 3 aromatic rings. The predicted molar refractivity (Wildman–Crippen MR) is 132 cm³/mol. The number of aromatic nitrogens is 1. The lowest BCUT2D eigenvalue weighted by Gasteiger charge is -2.26. The van der Waals surface area contributed by atoms with E-state index in [2.05, 4.69) is 20.6 Å². The molecule has 1 atom stereocenters. The van der Waals surface area contributed by atoms with Crippen molar-refractivity contribution in [2.24, 2.45) is 4.99 Å². The minimum Gasteiger partial charge on any atom is -0.493 e. The van der Waals surface area contributed by atoms with E-state index in [1.54, 1.807) is 12.3 Å². The molecule has 0 radical (unpaired) electrons. The fraction of sp³-hybridized carbons (Fsp3) is 0.0909. The maximum absolute atomic E-state index is 11.5. The molecule has 190 valence electrons. The summed E-state index contributed by atoms with van der Waals surface area (Å²) in [7, 11) is 1.34. The van der Waals surface area contributed by atoms with E-state index >= 15 is 0 Å². The molecule has 1 aliphatic rings. The zero-order chi connectivity index (χ0) is 27.6. The minimum atomic E-state index is -0.876. The predicted octanol–water partition coefficient (Wildman–Crippen LogP) is 2.68. The summed E-state index contributed by atoms with van der Waals surface area (Å²) in [5.74, 6) is 0.0455. The summed E-state index contributed by atoms with van der Waals surface area (Å²) in [5.41, 5.74) is 11.8. The SMILES string of the molecule is COc1cc(C2N=C(NC#N)Nc3nc(N)c(C#N)c(N)c32)ccc1Oc1ccc([N+](=O)[O-])cc1[N+](=O)[O-]. The van der Waals surface area contributed by atoms with Gasteiger partial charge >= 0.3 is 5.69 Å². The van der Waals surface area contributed by atoms with Crippen LogP contribution in [0.15, 0.2) is 41.4 Å². The zero-order valence-electron chi connectivity index (χ0n) is 19.3. The summed E-state index contributed by atoms with van der Waals surface area (Å²) in [6, 6.07) is 8.52. The van der Waals surface area contributed by atoms with Gasteiger partial charge in [0.05, 0.1) is 28.7 Å². The molecule has 0 fully saturated rings. The molecule has 6 N–H and O–H groups in total. The number of rotatable bonds is 6. The van der Waals surface area contributed by atoms with Crippen LogP contribution in [0.25, 0.3) is 0 Å². The van der Waals surface area contributed by atoms with Gasteiger partial charge in [-0.15, -0.1) is 0 Å². The number of pyridine rings is 1. The standard InChI is InChI=1S/C22H16N10O6/c1-37-16-6-10(2-4-15(16)38-14-5-3-11(31(33)34)7-13(14)32(35)36)19-17-18(25)12(8-23)20(26)29-21(17)30-22(28-19)27-9-24/h2-7,19H,1H3,(H6,25,26,27,28,29,30). The van der Waals surface area contributed by atoms with Crippen molar-refractivity contribution in [3.63, 3.8) is 0 Å². The number of nitro benzene ring substituents is 2. The van der Waals surface area contributed by atoms with Crippen molar-refractivity contribution in [3.8, 4) is 29.5 Å². The van der Waals surface area contributed by atoms with Crippen LogP contribution in [0.2, 0.25) is 0 Å². The molecule has 4 rings (SSSR count). The number of ether oxygens (including phenoxy) is 2. The van der Waals surface area contributed by atoms with Gasteiger partial charge in [-0.05, 0) is 23.8 Å². The van der Waals surface area contributed by atoms with Gasteiger partial charge in [0, 0.05) is 11.6 Å². The van der Waals surface area contributed by atoms with Crippen LogP contribution in [0, 0.1) is 43.0 Å². The second-order valence-electron chi connectivity index (χ2n) is 7.58. The van der Waals surface area contributed by atoms with E-state index in [1.807, 2.05) is 6.07 Å². The summed E-state index contributed by atoms with van der Waals surface area (Å²) in [4.78, 5) is 29.6. The number of hydrogen-bond donors (Lipinski definition) is 4. The highest BCUT2D eigenvalue weighted by Crippen LogP contribution is 2.44. The first kappa shape index (κ1) is 24.9. The molecular formula is C22H16N10O6. The number of anilines is 3. The van der Waals surface area contributed by atoms with Crippen LogP contribution in [0.5, 0.6) is 17.2 Å². The molecule has 0 spiro atoms. The molecule has 1 aromatic heterocycles. The Bertz CT molecular complexity index is 1610. The van der Waals surface area contributed by atoms with Crippen LogP contribution in [0.1, 0.15) is 22.7 Å². The number of benzene rings is 2. The van der Waals surface area contributed by atoms with Gasteiger partial charge in [0.15, 0.2) is 17.7 Å². The number of nitrogens with one attached hydrogen (secondary N) is 2. The fourth-order valence-corrected chi connectivity index (χ4v) is 3.73. The average Bonchev–Trinajstić information content (AvgIpc) is 2.88. The van der Waals surface area contributed by atoms with Crippen molar-refractivity contribution in [3.05, 3.63) is 73.3 Å². The van der Waals surface area contributed by atoms with Gasteiger partial charge in [-0.1, -0.05) is 6.07 Å². The number of nitrogens with two attached hydrogens (primary N) is 2. The van der Waals surface area contributed by atoms with Gasteiger partial charge in [0.1, 0.15) is 29.3 Å². The van der Waals surface area contributed by atoms with Gasteiger partial charge in [-0.25, -0.2) is 9.98 Å². The number of hydrogen-bond acceptors (Lipinski definition) is 14. The molecule has 0 saturated heterocycles. The molecule has 38 heavy (non-hydrogen) atoms. The fourth-order valence-electron chi connectivity index (χ4n) is 3.73. The van der Waals surface area contributed by atoms with Crippen molar-refractivity contribution in [2.75, 3.05) is 23.9 Å². The molecule has 16 nitrogen and oxygen atoms in total. The maximum Gasteiger partial charge on any atom is 0.318 e. The summed E-state index contributed by atoms with van der Waals surface area (Å²) >= 11 is 0. The monoisotopic (exact) mass is 516 g/mol. The number of methoxy groups -OCH3 is 1. The van der Waals surface area contributed by atoms with Gasteiger partial charge in [0.2, 0.25) is 11.7 Å². The van der Waals surface area contributed by atoms with Crippen molar-refractivity contribution in [1.82, 2.24) is 10.3 Å². The number of aliphatic imine (C=N–C) groups is 1. The highest BCUT2D eigenvalue weighted by molar-refractivity contribution is 5.98. The van der Waals surface area contributed by atoms with Gasteiger partial charge < -0.3 is 26.3 Å². The molecule has 0 amide bonds. The number of nitrogens with zero attached hydrogens (tertiary/aromatic N) is 6. The van der Waals surface area contributed by atoms with Gasteiger partial charge in [0.25, 0.3) is 5.69 Å². The molecule has 0 aliphatic carbocycles. The smallest absolute Gasteiger partial charge is 0.318 e. The lowest BCUT2D eigenvalue weighted by molar-refractivity contribution is -0.394. The van der Waals surface area contributed by atoms with E-state index in [-0.39, 0.29) is 46.1 Å². The number of nitro groups is 2. The largest absolute Gasteiger partial charge is 0.493 e. The Labute approximate surface area is 213 Å². The lowest BCUT2D eigenvalue weighted by Crippen LogP contribution is -2.32. The second kappa shape index (κ2) is 9.84. The molecule has 0 saturated carbocycles. The van der Waals surface area contributed by atoms with Crippen molar-refractivity contribution < 1.29 is 19.3 Å². The highest BCUT2D eigenvalue weighted by Gasteiger charge is 2.30. The number of fused-ring (bicyclic) bond motifs is 1. The van der Waals surface area contributed by atoms with E-state index in [0.717, 1.165) is 18.2 Å². The van der Waals surface area contributed by atoms with Crippen LogP contribution >= 0.6 is 0 Å². The number of nitrogen functional groups attached to an aromatic ring is 2. The Morgan fingerprint density at radius 2 is 1.82 bits per heavy atom. The van der Waals surface area contributed by atoms with Crippen molar-refractivity contribution in [1.29, 1.82) is 10.5 Å². The molecular weight excluding hydrogens is 500 g/mol. The first-order chi connectivity index (χ1) is 18.2. The Hall–Kier alpha value is -6.16. The summed E-state index contributed by atoms with van der Waals surface area (Å²) < 4.78 is 11.1. The Balaban J connectivity index is 1.80. The third-order valence-corrected chi connectivity index (χ3v) is 5.43. The molecule has 2 heterocycles. The molecule has 1 aliphatic heterocycles. The van der Waals surface area contributed by atoms with Crippen molar-refractivity contribution in [2.45, 2.75) is 6.04 Å². The maximum atomic E-state index is 11.5. The lowest BCUT2D eigenvalue weighted by atomic mass is 9.95. The van der Waals surface area contributed by atoms with E-state index in [4.69, 9.17) is 26.2 Å². The van der Waals surface area contributed by atoms with E-state index < -0.39 is 27.3 Å². The minimum absolute atomic E-state index is 0.0352. The van der Waals surface area contributed by atoms with Gasteiger partial charge in [-0.3, -0.25) is 25.5 Å². The van der Waals surface area contributed by atoms with Crippen LogP contribution in [-0.4, -0.2) is 27.9 Å². The second-order valence-corrected chi connectivity index (χ2v) is 7.58. The molecule has 1 unspecified atom stereocenters. The molecule has 0 bridgehead atoms. The van der Waals surface area contributed by atoms with Gasteiger partial charge in [-0.2, -0.15) is 10.5 Å². The number of non-ortho nitro benzene ring substituents is 1. The van der Waals surface area contributed by atoms with E-state index in [0.29, 0.717) is 11.1 Å². The van der Waals surface area contributed by atoms with Crippen molar-refractivity contribution >= 4 is 34.7 Å². The summed E-state index contributed by atoms with van der Waals surface area (Å²) in [5, 5.41) is 46.2. The van der Waals surface area contributed by atoms with E-state index in [9.17, 15) is 25.5 Å². The third-order valence-electron chi connectivity index (χ3n) is 5.43. The Morgan fingerprint density at radius 1 is 1.08 bits per heavy atom. The highest BCUT2D eigenvalue weighted by atomic mass is 16.6. The first-order valence-electron chi connectivity index (χ1n) is 10.5. The summed E-state index contributed by atoms with van der Waals surface area (Å²) in [6.07, 6.45) is 1.75. The van der Waals surface area contributed by atoms with Crippen LogP contribution in [0.4, 0.5) is 28.7 Å². The zero-order valence-corrected chi connectivity index (χ0v) is 19.3. The topological polar surface area (TPSA) is 254 Å². The van der Waals surface area contributed by atoms with Crippen LogP contribution in [-0.2, 0) is 0 Å². The quantitative estimate of drug-likeness (QED) is 0.159. The van der Waals surface area contributed by atoms with Crippen LogP contribution < -0.4 is 31.6 Å². The first-order valence-corrected chi connectivity index (χ1v) is 10.5. The molecule has 2 aromatic carbocycles. The Kier molecular flexibility index (Phi) is 6.46. The number of guanidine groups is 1. The average molecular weight is 516 g/mol. The molecule has 16 heteroatoms. The third kappa shape index (κ3) is 4.43. The Morgan fingerprint density at radius 3 is 2.45 bits per heavy atom. The van der Waals surface area contributed by atoms with E-state index in [1.165, 1.54) is 19.2 Å². The number of nitriles is 2.